The highest BCUT2D eigenvalue weighted by Gasteiger charge is 2.34. The van der Waals surface area contributed by atoms with Crippen LogP contribution >= 0.6 is 35.0 Å². The third-order valence-corrected chi connectivity index (χ3v) is 6.22. The molecule has 1 aliphatic rings. The first-order chi connectivity index (χ1) is 15.0. The van der Waals surface area contributed by atoms with Crippen molar-refractivity contribution < 1.29 is 14.3 Å². The molecule has 1 heterocycles. The lowest BCUT2D eigenvalue weighted by Gasteiger charge is -2.13. The van der Waals surface area contributed by atoms with Crippen molar-refractivity contribution in [2.45, 2.75) is 6.61 Å². The molecule has 1 saturated heterocycles. The molecule has 1 fully saturated rings. The van der Waals surface area contributed by atoms with Crippen LogP contribution < -0.4 is 4.74 Å². The van der Waals surface area contributed by atoms with Gasteiger partial charge in [-0.1, -0.05) is 71.7 Å². The molecule has 3 aromatic rings. The average molecular weight is 470 g/mol. The van der Waals surface area contributed by atoms with Crippen LogP contribution in [-0.2, 0) is 11.4 Å². The molecule has 4 nitrogen and oxygen atoms in total. The van der Waals surface area contributed by atoms with Crippen LogP contribution in [0.25, 0.3) is 16.8 Å². The molecule has 0 spiro atoms. The van der Waals surface area contributed by atoms with E-state index in [-0.39, 0.29) is 17.7 Å². The number of carbonyl (C=O) groups is 2. The van der Waals surface area contributed by atoms with E-state index in [4.69, 9.17) is 27.9 Å². The molecule has 2 amide bonds. The van der Waals surface area contributed by atoms with E-state index in [0.29, 0.717) is 32.9 Å². The first-order valence-corrected chi connectivity index (χ1v) is 11.0. The second-order valence-corrected chi connectivity index (χ2v) is 8.63. The Morgan fingerprint density at radius 1 is 1.03 bits per heavy atom. The summed E-state index contributed by atoms with van der Waals surface area (Å²) in [5.41, 5.74) is 1.63. The minimum atomic E-state index is -0.363. The van der Waals surface area contributed by atoms with Crippen LogP contribution in [-0.4, -0.2) is 22.6 Å². The summed E-state index contributed by atoms with van der Waals surface area (Å²) < 4.78 is 5.94. The fraction of sp³-hybridized carbons (Fsp3) is 0.0833. The lowest BCUT2D eigenvalue weighted by atomic mass is 10.1. The summed E-state index contributed by atoms with van der Waals surface area (Å²) in [4.78, 5) is 25.8. The van der Waals surface area contributed by atoms with Crippen molar-refractivity contribution in [3.8, 4) is 5.75 Å². The number of halogens is 2. The zero-order valence-electron chi connectivity index (χ0n) is 16.3. The normalized spacial score (nSPS) is 15.2. The van der Waals surface area contributed by atoms with Gasteiger partial charge in [-0.05, 0) is 51.9 Å². The van der Waals surface area contributed by atoms with Gasteiger partial charge in [0.1, 0.15) is 6.61 Å². The number of ether oxygens (including phenoxy) is 1. The first kappa shape index (κ1) is 21.5. The van der Waals surface area contributed by atoms with E-state index >= 15 is 0 Å². The minimum absolute atomic E-state index is 0.171. The SMILES string of the molecule is C=CCN1C(=O)S/C(=C/c2cc(Cl)c(OCc3cccc4ccccc34)c(Cl)c2)C1=O. The summed E-state index contributed by atoms with van der Waals surface area (Å²) in [7, 11) is 0. The highest BCUT2D eigenvalue weighted by molar-refractivity contribution is 8.18. The summed E-state index contributed by atoms with van der Waals surface area (Å²) in [5.74, 6) is 0.00612. The zero-order chi connectivity index (χ0) is 22.0. The van der Waals surface area contributed by atoms with Crippen LogP contribution in [0.2, 0.25) is 10.0 Å². The molecule has 0 aromatic heterocycles. The molecule has 31 heavy (non-hydrogen) atoms. The second-order valence-electron chi connectivity index (χ2n) is 6.82. The third-order valence-electron chi connectivity index (χ3n) is 4.76. The van der Waals surface area contributed by atoms with Crippen LogP contribution in [0.5, 0.6) is 5.75 Å². The van der Waals surface area contributed by atoms with Crippen LogP contribution in [0.15, 0.2) is 72.2 Å². The van der Waals surface area contributed by atoms with Crippen molar-refractivity contribution >= 4 is 63.0 Å². The number of imide groups is 1. The second kappa shape index (κ2) is 9.18. The van der Waals surface area contributed by atoms with Crippen molar-refractivity contribution in [2.24, 2.45) is 0 Å². The minimum Gasteiger partial charge on any atom is -0.486 e. The number of rotatable bonds is 6. The highest BCUT2D eigenvalue weighted by atomic mass is 35.5. The standard InChI is InChI=1S/C24H17Cl2NO3S/c1-2-10-27-23(28)21(31-24(27)29)13-15-11-19(25)22(20(26)12-15)30-14-17-8-5-7-16-6-3-4-9-18(16)17/h2-9,11-13H,1,10,14H2/b21-13+. The molecule has 0 atom stereocenters. The summed E-state index contributed by atoms with van der Waals surface area (Å²) in [6.07, 6.45) is 3.11. The van der Waals surface area contributed by atoms with Crippen molar-refractivity contribution in [1.29, 1.82) is 0 Å². The van der Waals surface area contributed by atoms with E-state index in [9.17, 15) is 9.59 Å². The fourth-order valence-electron chi connectivity index (χ4n) is 3.31. The van der Waals surface area contributed by atoms with Gasteiger partial charge >= 0.3 is 0 Å². The maximum absolute atomic E-state index is 12.4. The molecular weight excluding hydrogens is 453 g/mol. The van der Waals surface area contributed by atoms with E-state index in [1.165, 1.54) is 6.08 Å². The molecule has 0 radical (unpaired) electrons. The van der Waals surface area contributed by atoms with Gasteiger partial charge in [-0.3, -0.25) is 14.5 Å². The molecule has 0 unspecified atom stereocenters. The average Bonchev–Trinajstić information content (AvgIpc) is 3.01. The number of amides is 2. The first-order valence-electron chi connectivity index (χ1n) is 9.42. The van der Waals surface area contributed by atoms with Gasteiger partial charge in [-0.2, -0.15) is 0 Å². The Hall–Kier alpha value is -2.73. The molecule has 1 aliphatic heterocycles. The van der Waals surface area contributed by atoms with Crippen molar-refractivity contribution in [1.82, 2.24) is 4.90 Å². The molecule has 0 aliphatic carbocycles. The lowest BCUT2D eigenvalue weighted by Crippen LogP contribution is -2.27. The van der Waals surface area contributed by atoms with Crippen molar-refractivity contribution in [2.75, 3.05) is 6.54 Å². The maximum atomic E-state index is 12.4. The van der Waals surface area contributed by atoms with E-state index < -0.39 is 0 Å². The summed E-state index contributed by atoms with van der Waals surface area (Å²) in [6.45, 7) is 4.04. The van der Waals surface area contributed by atoms with Crippen molar-refractivity contribution in [3.63, 3.8) is 0 Å². The number of hydrogen-bond acceptors (Lipinski definition) is 4. The van der Waals surface area contributed by atoms with Crippen LogP contribution in [0.3, 0.4) is 0 Å². The lowest BCUT2D eigenvalue weighted by molar-refractivity contribution is -0.122. The van der Waals surface area contributed by atoms with Gasteiger partial charge in [-0.25, -0.2) is 0 Å². The number of benzene rings is 3. The number of fused-ring (bicyclic) bond motifs is 1. The monoisotopic (exact) mass is 469 g/mol. The number of thioether (sulfide) groups is 1. The number of carbonyl (C=O) groups excluding carboxylic acids is 2. The number of hydrogen-bond donors (Lipinski definition) is 0. The summed E-state index contributed by atoms with van der Waals surface area (Å²) in [6, 6.07) is 17.4. The Bertz CT molecular complexity index is 1210. The van der Waals surface area contributed by atoms with Crippen LogP contribution in [0, 0.1) is 0 Å². The molecule has 3 aromatic carbocycles. The quantitative estimate of drug-likeness (QED) is 0.289. The van der Waals surface area contributed by atoms with Crippen LogP contribution in [0.1, 0.15) is 11.1 Å². The predicted octanol–water partition coefficient (Wildman–Crippen LogP) is 6.95. The molecular formula is C24H17Cl2NO3S. The van der Waals surface area contributed by atoms with Gasteiger partial charge < -0.3 is 4.74 Å². The van der Waals surface area contributed by atoms with E-state index in [1.54, 1.807) is 18.2 Å². The van der Waals surface area contributed by atoms with E-state index in [0.717, 1.165) is 33.0 Å². The van der Waals surface area contributed by atoms with E-state index in [2.05, 4.69) is 6.58 Å². The van der Waals surface area contributed by atoms with Gasteiger partial charge in [0, 0.05) is 6.54 Å². The number of nitrogens with zero attached hydrogens (tertiary/aromatic N) is 1. The largest absolute Gasteiger partial charge is 0.486 e. The molecule has 0 bridgehead atoms. The van der Waals surface area contributed by atoms with Gasteiger partial charge in [0.25, 0.3) is 11.1 Å². The van der Waals surface area contributed by atoms with Gasteiger partial charge in [0.2, 0.25) is 0 Å². The van der Waals surface area contributed by atoms with Crippen molar-refractivity contribution in [3.05, 3.63) is 93.3 Å². The molecule has 4 rings (SSSR count). The molecule has 0 N–H and O–H groups in total. The Morgan fingerprint density at radius 3 is 2.48 bits per heavy atom. The van der Waals surface area contributed by atoms with Gasteiger partial charge in [0.15, 0.2) is 5.75 Å². The van der Waals surface area contributed by atoms with Crippen LogP contribution in [0.4, 0.5) is 4.79 Å². The highest BCUT2D eigenvalue weighted by Crippen LogP contribution is 2.38. The smallest absolute Gasteiger partial charge is 0.293 e. The van der Waals surface area contributed by atoms with E-state index in [1.807, 2.05) is 42.5 Å². The molecule has 0 saturated carbocycles. The molecule has 156 valence electrons. The summed E-state index contributed by atoms with van der Waals surface area (Å²) in [5, 5.41) is 2.54. The Balaban J connectivity index is 1.56. The fourth-order valence-corrected chi connectivity index (χ4v) is 4.77. The third kappa shape index (κ3) is 4.49. The Kier molecular flexibility index (Phi) is 6.37. The maximum Gasteiger partial charge on any atom is 0.293 e. The zero-order valence-corrected chi connectivity index (χ0v) is 18.6. The topological polar surface area (TPSA) is 46.6 Å². The Morgan fingerprint density at radius 2 is 1.74 bits per heavy atom. The summed E-state index contributed by atoms with van der Waals surface area (Å²) >= 11 is 13.7. The predicted molar refractivity (Wildman–Crippen MR) is 128 cm³/mol. The Labute approximate surface area is 194 Å². The molecule has 7 heteroatoms. The van der Waals surface area contributed by atoms with Gasteiger partial charge in [0.05, 0.1) is 15.0 Å². The van der Waals surface area contributed by atoms with Gasteiger partial charge in [-0.15, -0.1) is 6.58 Å².